The van der Waals surface area contributed by atoms with Crippen molar-refractivity contribution in [2.75, 3.05) is 19.6 Å². The van der Waals surface area contributed by atoms with Gasteiger partial charge in [0.2, 0.25) is 11.7 Å². The molecule has 2 aromatic rings. The largest absolute Gasteiger partial charge is 0.461 e. The van der Waals surface area contributed by atoms with Crippen LogP contribution in [0.4, 0.5) is 0 Å². The maximum Gasteiger partial charge on any atom is 0.241 e. The van der Waals surface area contributed by atoms with Gasteiger partial charge < -0.3 is 14.3 Å². The summed E-state index contributed by atoms with van der Waals surface area (Å²) < 4.78 is 10.6. The smallest absolute Gasteiger partial charge is 0.241 e. The van der Waals surface area contributed by atoms with Crippen LogP contribution in [-0.4, -0.2) is 40.7 Å². The summed E-state index contributed by atoms with van der Waals surface area (Å²) in [5, 5.41) is 7.38. The standard InChI is InChI=1S/C14H20N4O2/c1-2-7-18(11-5-6-15-9-11)10-13-16-14(17-20-13)12-4-3-8-19-12/h3-4,8,11,15H,2,5-7,9-10H2,1H3. The van der Waals surface area contributed by atoms with E-state index in [1.54, 1.807) is 6.26 Å². The molecule has 1 atom stereocenters. The van der Waals surface area contributed by atoms with Crippen molar-refractivity contribution >= 4 is 0 Å². The van der Waals surface area contributed by atoms with Gasteiger partial charge in [-0.3, -0.25) is 4.90 Å². The summed E-state index contributed by atoms with van der Waals surface area (Å²) in [6, 6.07) is 4.21. The first kappa shape index (κ1) is 13.3. The van der Waals surface area contributed by atoms with Crippen LogP contribution in [-0.2, 0) is 6.54 Å². The Labute approximate surface area is 118 Å². The number of rotatable bonds is 6. The Balaban J connectivity index is 1.68. The fourth-order valence-electron chi connectivity index (χ4n) is 2.63. The van der Waals surface area contributed by atoms with E-state index < -0.39 is 0 Å². The van der Waals surface area contributed by atoms with Crippen molar-refractivity contribution in [3.8, 4) is 11.6 Å². The van der Waals surface area contributed by atoms with Crippen molar-refractivity contribution in [1.82, 2.24) is 20.4 Å². The molecule has 0 amide bonds. The molecule has 6 heteroatoms. The molecule has 0 aromatic carbocycles. The molecule has 6 nitrogen and oxygen atoms in total. The predicted octanol–water partition coefficient (Wildman–Crippen LogP) is 1.90. The van der Waals surface area contributed by atoms with Crippen molar-refractivity contribution in [1.29, 1.82) is 0 Å². The minimum atomic E-state index is 0.519. The zero-order valence-corrected chi connectivity index (χ0v) is 11.7. The van der Waals surface area contributed by atoms with Gasteiger partial charge >= 0.3 is 0 Å². The van der Waals surface area contributed by atoms with E-state index in [1.165, 1.54) is 6.42 Å². The number of hydrogen-bond donors (Lipinski definition) is 1. The quantitative estimate of drug-likeness (QED) is 0.869. The molecule has 1 saturated heterocycles. The number of aromatic nitrogens is 2. The van der Waals surface area contributed by atoms with Crippen LogP contribution in [0.2, 0.25) is 0 Å². The molecule has 0 spiro atoms. The highest BCUT2D eigenvalue weighted by molar-refractivity contribution is 5.44. The van der Waals surface area contributed by atoms with Crippen molar-refractivity contribution in [3.05, 3.63) is 24.3 Å². The Morgan fingerprint density at radius 2 is 2.45 bits per heavy atom. The van der Waals surface area contributed by atoms with Gasteiger partial charge in [-0.25, -0.2) is 0 Å². The van der Waals surface area contributed by atoms with Crippen LogP contribution in [0.15, 0.2) is 27.3 Å². The van der Waals surface area contributed by atoms with Crippen molar-refractivity contribution in [2.24, 2.45) is 0 Å². The number of furan rings is 1. The Hall–Kier alpha value is -1.66. The maximum absolute atomic E-state index is 5.34. The molecule has 108 valence electrons. The van der Waals surface area contributed by atoms with E-state index in [1.807, 2.05) is 12.1 Å². The van der Waals surface area contributed by atoms with Crippen LogP contribution in [0.3, 0.4) is 0 Å². The Morgan fingerprint density at radius 3 is 3.15 bits per heavy atom. The molecular weight excluding hydrogens is 256 g/mol. The van der Waals surface area contributed by atoms with Gasteiger partial charge in [0, 0.05) is 12.6 Å². The molecule has 20 heavy (non-hydrogen) atoms. The molecule has 0 radical (unpaired) electrons. The lowest BCUT2D eigenvalue weighted by atomic mass is 10.2. The molecule has 0 bridgehead atoms. The van der Waals surface area contributed by atoms with Crippen molar-refractivity contribution in [2.45, 2.75) is 32.4 Å². The molecule has 1 aliphatic heterocycles. The summed E-state index contributed by atoms with van der Waals surface area (Å²) in [6.07, 6.45) is 3.91. The highest BCUT2D eigenvalue weighted by Gasteiger charge is 2.23. The van der Waals surface area contributed by atoms with E-state index in [0.29, 0.717) is 30.1 Å². The second-order valence-electron chi connectivity index (χ2n) is 5.11. The SMILES string of the molecule is CCCN(Cc1nc(-c2ccco2)no1)C1CCNC1. The molecular formula is C14H20N4O2. The average Bonchev–Trinajstić information content (AvgIpc) is 3.20. The fraction of sp³-hybridized carbons (Fsp3) is 0.571. The summed E-state index contributed by atoms with van der Waals surface area (Å²) in [4.78, 5) is 6.83. The zero-order chi connectivity index (χ0) is 13.8. The average molecular weight is 276 g/mol. The zero-order valence-electron chi connectivity index (χ0n) is 11.7. The lowest BCUT2D eigenvalue weighted by molar-refractivity contribution is 0.174. The van der Waals surface area contributed by atoms with E-state index in [4.69, 9.17) is 8.94 Å². The van der Waals surface area contributed by atoms with Crippen LogP contribution < -0.4 is 5.32 Å². The first-order valence-corrected chi connectivity index (χ1v) is 7.18. The predicted molar refractivity (Wildman–Crippen MR) is 74.0 cm³/mol. The Kier molecular flexibility index (Phi) is 4.13. The molecule has 3 heterocycles. The first-order chi connectivity index (χ1) is 9.86. The van der Waals surface area contributed by atoms with Gasteiger partial charge in [-0.2, -0.15) is 4.98 Å². The molecule has 1 unspecified atom stereocenters. The first-order valence-electron chi connectivity index (χ1n) is 7.18. The fourth-order valence-corrected chi connectivity index (χ4v) is 2.63. The summed E-state index contributed by atoms with van der Waals surface area (Å²) in [7, 11) is 0. The van der Waals surface area contributed by atoms with Gasteiger partial charge in [-0.05, 0) is 38.1 Å². The van der Waals surface area contributed by atoms with Gasteiger partial charge in [-0.15, -0.1) is 0 Å². The highest BCUT2D eigenvalue weighted by atomic mass is 16.5. The van der Waals surface area contributed by atoms with E-state index in [2.05, 4.69) is 27.3 Å². The van der Waals surface area contributed by atoms with Gasteiger partial charge in [0.1, 0.15) is 0 Å². The van der Waals surface area contributed by atoms with Gasteiger partial charge in [0.25, 0.3) is 0 Å². The molecule has 3 rings (SSSR count). The molecule has 2 aromatic heterocycles. The monoisotopic (exact) mass is 276 g/mol. The molecule has 0 saturated carbocycles. The second-order valence-corrected chi connectivity index (χ2v) is 5.11. The summed E-state index contributed by atoms with van der Waals surface area (Å²) in [5.41, 5.74) is 0. The van der Waals surface area contributed by atoms with Crippen LogP contribution in [0.5, 0.6) is 0 Å². The maximum atomic E-state index is 5.34. The normalized spacial score (nSPS) is 19.0. The topological polar surface area (TPSA) is 67.3 Å². The van der Waals surface area contributed by atoms with Crippen LogP contribution >= 0.6 is 0 Å². The summed E-state index contributed by atoms with van der Waals surface area (Å²) in [6.45, 7) is 6.07. The van der Waals surface area contributed by atoms with Crippen molar-refractivity contribution in [3.63, 3.8) is 0 Å². The second kappa shape index (κ2) is 6.19. The Morgan fingerprint density at radius 1 is 1.50 bits per heavy atom. The van der Waals surface area contributed by atoms with Gasteiger partial charge in [0.05, 0.1) is 12.8 Å². The van der Waals surface area contributed by atoms with Gasteiger partial charge in [-0.1, -0.05) is 12.1 Å². The minimum absolute atomic E-state index is 0.519. The number of nitrogens with zero attached hydrogens (tertiary/aromatic N) is 3. The third kappa shape index (κ3) is 2.91. The Bertz CT molecular complexity index is 517. The van der Waals surface area contributed by atoms with E-state index in [0.717, 1.165) is 26.1 Å². The van der Waals surface area contributed by atoms with E-state index in [9.17, 15) is 0 Å². The molecule has 1 aliphatic rings. The molecule has 1 N–H and O–H groups in total. The van der Waals surface area contributed by atoms with E-state index in [-0.39, 0.29) is 0 Å². The van der Waals surface area contributed by atoms with Crippen molar-refractivity contribution < 1.29 is 8.94 Å². The third-order valence-corrected chi connectivity index (χ3v) is 3.61. The lowest BCUT2D eigenvalue weighted by Gasteiger charge is -2.26. The van der Waals surface area contributed by atoms with Crippen LogP contribution in [0.25, 0.3) is 11.6 Å². The lowest BCUT2D eigenvalue weighted by Crippen LogP contribution is -2.37. The molecule has 1 fully saturated rings. The van der Waals surface area contributed by atoms with Crippen LogP contribution in [0, 0.1) is 0 Å². The third-order valence-electron chi connectivity index (χ3n) is 3.61. The number of nitrogens with one attached hydrogen (secondary N) is 1. The highest BCUT2D eigenvalue weighted by Crippen LogP contribution is 2.18. The summed E-state index contributed by atoms with van der Waals surface area (Å²) >= 11 is 0. The van der Waals surface area contributed by atoms with Crippen LogP contribution in [0.1, 0.15) is 25.7 Å². The van der Waals surface area contributed by atoms with E-state index >= 15 is 0 Å². The minimum Gasteiger partial charge on any atom is -0.461 e. The number of hydrogen-bond acceptors (Lipinski definition) is 6. The molecule has 0 aliphatic carbocycles. The summed E-state index contributed by atoms with van der Waals surface area (Å²) in [5.74, 6) is 1.81. The van der Waals surface area contributed by atoms with Gasteiger partial charge in [0.15, 0.2) is 5.76 Å².